The molecule has 2 heterocycles. The van der Waals surface area contributed by atoms with Gasteiger partial charge in [0.15, 0.2) is 0 Å². The highest BCUT2D eigenvalue weighted by Gasteiger charge is 2.14. The smallest absolute Gasteiger partial charge is 0.132 e. The van der Waals surface area contributed by atoms with Gasteiger partial charge in [0.25, 0.3) is 0 Å². The molecule has 2 aromatic rings. The number of benzene rings is 1. The lowest BCUT2D eigenvalue weighted by Crippen LogP contribution is -2.44. The number of hydrogen-bond acceptors (Lipinski definition) is 4. The lowest BCUT2D eigenvalue weighted by Gasteiger charge is -2.29. The van der Waals surface area contributed by atoms with E-state index in [0.29, 0.717) is 0 Å². The van der Waals surface area contributed by atoms with Crippen molar-refractivity contribution in [2.45, 2.75) is 6.92 Å². The van der Waals surface area contributed by atoms with Gasteiger partial charge in [0.05, 0.1) is 12.6 Å². The monoisotopic (exact) mass is 293 g/mol. The zero-order valence-corrected chi connectivity index (χ0v) is 12.7. The first-order valence-electron chi connectivity index (χ1n) is 6.69. The standard InChI is InChI=1S/C15H19N3O.ClH/c1-11-9-12-10-13(19-2)3-4-14(12)17-15(11)18-7-5-16-6-8-18;/h3-4,9-10,16H,5-8H2,1-2H3;1H. The van der Waals surface area contributed by atoms with Gasteiger partial charge in [-0.3, -0.25) is 0 Å². The fourth-order valence-corrected chi connectivity index (χ4v) is 2.57. The third kappa shape index (κ3) is 2.81. The molecule has 0 amide bonds. The zero-order valence-electron chi connectivity index (χ0n) is 11.8. The predicted octanol–water partition coefficient (Wildman–Crippen LogP) is 2.38. The van der Waals surface area contributed by atoms with E-state index in [4.69, 9.17) is 9.72 Å². The number of aryl methyl sites for hydroxylation is 1. The topological polar surface area (TPSA) is 37.4 Å². The second-order valence-electron chi connectivity index (χ2n) is 4.92. The first kappa shape index (κ1) is 14.9. The zero-order chi connectivity index (χ0) is 13.2. The van der Waals surface area contributed by atoms with Crippen LogP contribution in [0.5, 0.6) is 5.75 Å². The molecule has 1 saturated heterocycles. The predicted molar refractivity (Wildman–Crippen MR) is 85.4 cm³/mol. The van der Waals surface area contributed by atoms with E-state index in [1.165, 1.54) is 5.56 Å². The van der Waals surface area contributed by atoms with Gasteiger partial charge in [-0.2, -0.15) is 0 Å². The van der Waals surface area contributed by atoms with Gasteiger partial charge >= 0.3 is 0 Å². The van der Waals surface area contributed by atoms with E-state index in [1.807, 2.05) is 18.2 Å². The van der Waals surface area contributed by atoms with E-state index in [-0.39, 0.29) is 12.4 Å². The van der Waals surface area contributed by atoms with Gasteiger partial charge in [0.2, 0.25) is 0 Å². The maximum absolute atomic E-state index is 5.26. The number of fused-ring (bicyclic) bond motifs is 1. The van der Waals surface area contributed by atoms with Crippen LogP contribution in [0.3, 0.4) is 0 Å². The molecule has 1 aromatic heterocycles. The second kappa shape index (κ2) is 6.29. The van der Waals surface area contributed by atoms with Gasteiger partial charge < -0.3 is 15.0 Å². The molecule has 0 spiro atoms. The summed E-state index contributed by atoms with van der Waals surface area (Å²) in [6, 6.07) is 8.23. The van der Waals surface area contributed by atoms with Crippen LogP contribution in [0.15, 0.2) is 24.3 Å². The molecular formula is C15H20ClN3O. The molecule has 108 valence electrons. The number of halogens is 1. The fourth-order valence-electron chi connectivity index (χ4n) is 2.57. The Morgan fingerprint density at radius 3 is 2.65 bits per heavy atom. The summed E-state index contributed by atoms with van der Waals surface area (Å²) in [5, 5.41) is 4.51. The molecular weight excluding hydrogens is 274 g/mol. The van der Waals surface area contributed by atoms with Gasteiger partial charge in [-0.15, -0.1) is 12.4 Å². The maximum atomic E-state index is 5.26. The number of hydrogen-bond donors (Lipinski definition) is 1. The average Bonchev–Trinajstić information content (AvgIpc) is 2.47. The first-order valence-corrected chi connectivity index (χ1v) is 6.69. The van der Waals surface area contributed by atoms with Crippen LogP contribution in [0, 0.1) is 6.92 Å². The van der Waals surface area contributed by atoms with Crippen LogP contribution in [0.2, 0.25) is 0 Å². The largest absolute Gasteiger partial charge is 0.497 e. The summed E-state index contributed by atoms with van der Waals surface area (Å²) >= 11 is 0. The van der Waals surface area contributed by atoms with Crippen LogP contribution in [0.25, 0.3) is 10.9 Å². The number of rotatable bonds is 2. The Bertz CT molecular complexity index is 597. The van der Waals surface area contributed by atoms with Gasteiger partial charge in [-0.25, -0.2) is 4.98 Å². The highest BCUT2D eigenvalue weighted by molar-refractivity contribution is 5.85. The van der Waals surface area contributed by atoms with E-state index < -0.39 is 0 Å². The molecule has 3 rings (SSSR count). The molecule has 5 heteroatoms. The molecule has 0 atom stereocenters. The van der Waals surface area contributed by atoms with Crippen molar-refractivity contribution >= 4 is 29.1 Å². The highest BCUT2D eigenvalue weighted by Crippen LogP contribution is 2.26. The lowest BCUT2D eigenvalue weighted by atomic mass is 10.1. The van der Waals surface area contributed by atoms with Crippen molar-refractivity contribution in [1.82, 2.24) is 10.3 Å². The van der Waals surface area contributed by atoms with E-state index in [0.717, 1.165) is 48.6 Å². The van der Waals surface area contributed by atoms with Crippen molar-refractivity contribution in [3.8, 4) is 5.75 Å². The third-order valence-corrected chi connectivity index (χ3v) is 3.60. The molecule has 4 nitrogen and oxygen atoms in total. The van der Waals surface area contributed by atoms with Crippen molar-refractivity contribution in [2.24, 2.45) is 0 Å². The molecule has 20 heavy (non-hydrogen) atoms. The third-order valence-electron chi connectivity index (χ3n) is 3.60. The van der Waals surface area contributed by atoms with E-state index in [2.05, 4.69) is 23.2 Å². The van der Waals surface area contributed by atoms with Gasteiger partial charge in [0.1, 0.15) is 11.6 Å². The molecule has 1 fully saturated rings. The molecule has 1 aliphatic rings. The quantitative estimate of drug-likeness (QED) is 0.922. The summed E-state index contributed by atoms with van der Waals surface area (Å²) < 4.78 is 5.26. The molecule has 0 saturated carbocycles. The Balaban J connectivity index is 0.00000147. The Morgan fingerprint density at radius 2 is 1.95 bits per heavy atom. The Kier molecular flexibility index (Phi) is 4.68. The van der Waals surface area contributed by atoms with Crippen LogP contribution in [-0.4, -0.2) is 38.3 Å². The fraction of sp³-hybridized carbons (Fsp3) is 0.400. The summed E-state index contributed by atoms with van der Waals surface area (Å²) in [6.07, 6.45) is 0. The molecule has 1 N–H and O–H groups in total. The molecule has 1 aliphatic heterocycles. The van der Waals surface area contributed by atoms with Crippen LogP contribution in [0.4, 0.5) is 5.82 Å². The van der Waals surface area contributed by atoms with Crippen molar-refractivity contribution in [1.29, 1.82) is 0 Å². The number of ether oxygens (including phenoxy) is 1. The average molecular weight is 294 g/mol. The van der Waals surface area contributed by atoms with Crippen LogP contribution >= 0.6 is 12.4 Å². The van der Waals surface area contributed by atoms with Crippen LogP contribution < -0.4 is 15.0 Å². The number of nitrogens with zero attached hydrogens (tertiary/aromatic N) is 2. The van der Waals surface area contributed by atoms with Crippen LogP contribution in [-0.2, 0) is 0 Å². The molecule has 0 radical (unpaired) electrons. The lowest BCUT2D eigenvalue weighted by molar-refractivity contribution is 0.415. The Labute approximate surface area is 125 Å². The summed E-state index contributed by atoms with van der Waals surface area (Å²) in [6.45, 7) is 6.23. The summed E-state index contributed by atoms with van der Waals surface area (Å²) in [7, 11) is 1.69. The van der Waals surface area contributed by atoms with E-state index >= 15 is 0 Å². The van der Waals surface area contributed by atoms with Crippen molar-refractivity contribution in [2.75, 3.05) is 38.2 Å². The number of aromatic nitrogens is 1. The summed E-state index contributed by atoms with van der Waals surface area (Å²) in [5.41, 5.74) is 2.25. The number of nitrogens with one attached hydrogen (secondary N) is 1. The molecule has 0 bridgehead atoms. The minimum Gasteiger partial charge on any atom is -0.497 e. The highest BCUT2D eigenvalue weighted by atomic mass is 35.5. The Hall–Kier alpha value is -1.52. The molecule has 0 unspecified atom stereocenters. The van der Waals surface area contributed by atoms with E-state index in [1.54, 1.807) is 7.11 Å². The second-order valence-corrected chi connectivity index (χ2v) is 4.92. The van der Waals surface area contributed by atoms with Crippen molar-refractivity contribution in [3.05, 3.63) is 29.8 Å². The van der Waals surface area contributed by atoms with Crippen LogP contribution in [0.1, 0.15) is 5.56 Å². The van der Waals surface area contributed by atoms with Gasteiger partial charge in [0, 0.05) is 31.6 Å². The molecule has 1 aromatic carbocycles. The summed E-state index contributed by atoms with van der Waals surface area (Å²) in [4.78, 5) is 7.17. The number of methoxy groups -OCH3 is 1. The minimum atomic E-state index is 0. The SMILES string of the molecule is COc1ccc2nc(N3CCNCC3)c(C)cc2c1.Cl. The summed E-state index contributed by atoms with van der Waals surface area (Å²) in [5.74, 6) is 1.99. The Morgan fingerprint density at radius 1 is 1.20 bits per heavy atom. The number of piperazine rings is 1. The van der Waals surface area contributed by atoms with E-state index in [9.17, 15) is 0 Å². The van der Waals surface area contributed by atoms with Crippen molar-refractivity contribution in [3.63, 3.8) is 0 Å². The minimum absolute atomic E-state index is 0. The maximum Gasteiger partial charge on any atom is 0.132 e. The molecule has 0 aliphatic carbocycles. The van der Waals surface area contributed by atoms with Gasteiger partial charge in [-0.1, -0.05) is 0 Å². The van der Waals surface area contributed by atoms with Crippen molar-refractivity contribution < 1.29 is 4.74 Å². The number of anilines is 1. The number of pyridine rings is 1. The first-order chi connectivity index (χ1) is 9.28. The normalized spacial score (nSPS) is 15.0. The van der Waals surface area contributed by atoms with Gasteiger partial charge in [-0.05, 0) is 36.8 Å².